The van der Waals surface area contributed by atoms with Gasteiger partial charge in [0, 0.05) is 11.8 Å². The summed E-state index contributed by atoms with van der Waals surface area (Å²) in [7, 11) is 0. The van der Waals surface area contributed by atoms with Crippen molar-refractivity contribution in [2.45, 2.75) is 18.8 Å². The molecule has 194 valence electrons. The Bertz CT molecular complexity index is 1460. The minimum absolute atomic E-state index is 0.0358. The second-order valence-corrected chi connectivity index (χ2v) is 9.20. The van der Waals surface area contributed by atoms with Gasteiger partial charge in [0.1, 0.15) is 17.9 Å². The van der Waals surface area contributed by atoms with E-state index in [9.17, 15) is 18.0 Å². The average Bonchev–Trinajstić information content (AvgIpc) is 3.52. The highest BCUT2D eigenvalue weighted by Crippen LogP contribution is 2.29. The number of carbonyl (C=O) groups excluding carboxylic acids is 1. The highest BCUT2D eigenvalue weighted by Gasteiger charge is 2.34. The highest BCUT2D eigenvalue weighted by molar-refractivity contribution is 8.01. The number of nitrogens with zero attached hydrogens (tertiary/aromatic N) is 6. The van der Waals surface area contributed by atoms with Crippen LogP contribution in [0, 0.1) is 6.92 Å². The number of ether oxygens (including phenoxy) is 1. The van der Waals surface area contributed by atoms with Gasteiger partial charge in [-0.15, -0.1) is 30.0 Å². The lowest BCUT2D eigenvalue weighted by molar-refractivity contribution is -0.274. The standard InChI is InChI=1S/C25H20F3N7O2S/c1-16-3-2-12-29-23(16)35-21(36)14-38-24(35)32-31-13-17-4-6-18(7-5-17)22-30-15-34(33-22)19-8-10-20(11-9-19)37-25(26,27)28/h2-13,15,24,32H,14H2,1H3/b31-13+. The minimum atomic E-state index is -4.75. The number of halogens is 3. The molecule has 3 heterocycles. The molecule has 0 spiro atoms. The zero-order valence-corrected chi connectivity index (χ0v) is 20.6. The van der Waals surface area contributed by atoms with E-state index in [1.807, 2.05) is 43.3 Å². The number of nitrogens with one attached hydrogen (secondary N) is 1. The fourth-order valence-electron chi connectivity index (χ4n) is 3.69. The van der Waals surface area contributed by atoms with E-state index in [0.717, 1.165) is 16.7 Å². The van der Waals surface area contributed by atoms with Gasteiger partial charge in [0.05, 0.1) is 17.7 Å². The van der Waals surface area contributed by atoms with Gasteiger partial charge < -0.3 is 4.74 Å². The average molecular weight is 540 g/mol. The maximum absolute atomic E-state index is 12.4. The number of hydrogen-bond donors (Lipinski definition) is 1. The number of alkyl halides is 3. The van der Waals surface area contributed by atoms with Gasteiger partial charge in [-0.3, -0.25) is 15.1 Å². The summed E-state index contributed by atoms with van der Waals surface area (Å²) in [6, 6.07) is 16.4. The Morgan fingerprint density at radius 3 is 2.58 bits per heavy atom. The lowest BCUT2D eigenvalue weighted by atomic mass is 10.1. The Morgan fingerprint density at radius 1 is 1.11 bits per heavy atom. The van der Waals surface area contributed by atoms with E-state index >= 15 is 0 Å². The van der Waals surface area contributed by atoms with Gasteiger partial charge in [-0.1, -0.05) is 30.3 Å². The molecule has 0 aliphatic carbocycles. The van der Waals surface area contributed by atoms with Crippen LogP contribution >= 0.6 is 11.8 Å². The fraction of sp³-hybridized carbons (Fsp3) is 0.160. The Kier molecular flexibility index (Phi) is 7.01. The predicted molar refractivity (Wildman–Crippen MR) is 137 cm³/mol. The topological polar surface area (TPSA) is 97.5 Å². The third-order valence-corrected chi connectivity index (χ3v) is 6.52. The van der Waals surface area contributed by atoms with Crippen molar-refractivity contribution >= 4 is 29.7 Å². The summed E-state index contributed by atoms with van der Waals surface area (Å²) < 4.78 is 42.4. The molecule has 1 aliphatic heterocycles. The number of amides is 1. The van der Waals surface area contributed by atoms with Crippen LogP contribution in [0.25, 0.3) is 17.1 Å². The number of thioether (sulfide) groups is 1. The number of rotatable bonds is 7. The number of aromatic nitrogens is 4. The monoisotopic (exact) mass is 539 g/mol. The van der Waals surface area contributed by atoms with E-state index in [2.05, 4.69) is 30.3 Å². The quantitative estimate of drug-likeness (QED) is 0.272. The van der Waals surface area contributed by atoms with Crippen LogP contribution in [0.2, 0.25) is 0 Å². The Labute approximate surface area is 219 Å². The molecular weight excluding hydrogens is 519 g/mol. The van der Waals surface area contributed by atoms with Crippen LogP contribution in [0.4, 0.5) is 19.0 Å². The first-order valence-electron chi connectivity index (χ1n) is 11.3. The maximum atomic E-state index is 12.4. The number of pyridine rings is 1. The van der Waals surface area contributed by atoms with Crippen molar-refractivity contribution in [1.82, 2.24) is 25.2 Å². The molecule has 38 heavy (non-hydrogen) atoms. The van der Waals surface area contributed by atoms with Gasteiger partial charge in [-0.05, 0) is 48.4 Å². The summed E-state index contributed by atoms with van der Waals surface area (Å²) in [6.07, 6.45) is 0.0290. The van der Waals surface area contributed by atoms with Gasteiger partial charge >= 0.3 is 6.36 Å². The molecule has 1 aliphatic rings. The van der Waals surface area contributed by atoms with Crippen LogP contribution in [0.5, 0.6) is 5.75 Å². The SMILES string of the molecule is Cc1cccnc1N1C(=O)CSC1N/N=C/c1ccc(-c2ncn(-c3ccc(OC(F)(F)F)cc3)n2)cc1. The Balaban J connectivity index is 1.22. The van der Waals surface area contributed by atoms with Crippen LogP contribution in [0.3, 0.4) is 0 Å². The number of hydrazone groups is 1. The number of hydrogen-bond acceptors (Lipinski definition) is 8. The molecule has 0 radical (unpaired) electrons. The zero-order chi connectivity index (χ0) is 26.7. The second kappa shape index (κ2) is 10.5. The summed E-state index contributed by atoms with van der Waals surface area (Å²) in [5.41, 5.74) is 5.65. The number of anilines is 1. The summed E-state index contributed by atoms with van der Waals surface area (Å²) in [5.74, 6) is 1.04. The van der Waals surface area contributed by atoms with Crippen molar-refractivity contribution in [3.63, 3.8) is 0 Å². The van der Waals surface area contributed by atoms with E-state index in [0.29, 0.717) is 23.1 Å². The van der Waals surface area contributed by atoms with Crippen LogP contribution in [-0.2, 0) is 4.79 Å². The van der Waals surface area contributed by atoms with Crippen molar-refractivity contribution in [1.29, 1.82) is 0 Å². The van der Waals surface area contributed by atoms with E-state index in [1.54, 1.807) is 17.3 Å². The third kappa shape index (κ3) is 5.78. The minimum Gasteiger partial charge on any atom is -0.406 e. The van der Waals surface area contributed by atoms with E-state index < -0.39 is 6.36 Å². The molecule has 1 fully saturated rings. The van der Waals surface area contributed by atoms with Gasteiger partial charge in [0.2, 0.25) is 5.91 Å². The Hall–Kier alpha value is -4.39. The van der Waals surface area contributed by atoms with E-state index in [1.165, 1.54) is 47.0 Å². The molecule has 13 heteroatoms. The molecule has 1 unspecified atom stereocenters. The first-order valence-corrected chi connectivity index (χ1v) is 12.3. The summed E-state index contributed by atoms with van der Waals surface area (Å²) in [4.78, 5) is 22.7. The molecule has 1 amide bonds. The first kappa shape index (κ1) is 25.3. The van der Waals surface area contributed by atoms with E-state index in [-0.39, 0.29) is 17.2 Å². The second-order valence-electron chi connectivity index (χ2n) is 8.13. The van der Waals surface area contributed by atoms with Gasteiger partial charge in [0.15, 0.2) is 11.3 Å². The van der Waals surface area contributed by atoms with Crippen LogP contribution in [0.15, 0.2) is 78.3 Å². The largest absolute Gasteiger partial charge is 0.573 e. The molecule has 0 bridgehead atoms. The normalized spacial score (nSPS) is 15.8. The van der Waals surface area contributed by atoms with Crippen molar-refractivity contribution < 1.29 is 22.7 Å². The molecule has 2 aromatic heterocycles. The van der Waals surface area contributed by atoms with Gasteiger partial charge in [-0.25, -0.2) is 14.6 Å². The summed E-state index contributed by atoms with van der Waals surface area (Å²) >= 11 is 1.44. The molecule has 1 atom stereocenters. The molecular formula is C25H20F3N7O2S. The lowest BCUT2D eigenvalue weighted by Crippen LogP contribution is -2.41. The highest BCUT2D eigenvalue weighted by atomic mass is 32.2. The Morgan fingerprint density at radius 2 is 1.87 bits per heavy atom. The van der Waals surface area contributed by atoms with Crippen LogP contribution < -0.4 is 15.1 Å². The first-order chi connectivity index (χ1) is 18.3. The molecule has 5 rings (SSSR count). The number of benzene rings is 2. The smallest absolute Gasteiger partial charge is 0.406 e. The van der Waals surface area contributed by atoms with Crippen molar-refractivity contribution in [2.24, 2.45) is 5.10 Å². The third-order valence-electron chi connectivity index (χ3n) is 5.47. The molecule has 9 nitrogen and oxygen atoms in total. The van der Waals surface area contributed by atoms with Crippen LogP contribution in [-0.4, -0.2) is 49.5 Å². The molecule has 2 aromatic carbocycles. The fourth-order valence-corrected chi connectivity index (χ4v) is 4.63. The van der Waals surface area contributed by atoms with Crippen LogP contribution in [0.1, 0.15) is 11.1 Å². The summed E-state index contributed by atoms with van der Waals surface area (Å²) in [6.45, 7) is 1.90. The summed E-state index contributed by atoms with van der Waals surface area (Å²) in [5, 5.41) is 8.71. The van der Waals surface area contributed by atoms with Crippen molar-refractivity contribution in [3.8, 4) is 22.8 Å². The van der Waals surface area contributed by atoms with Gasteiger partial charge in [0.25, 0.3) is 0 Å². The number of carbonyl (C=O) groups is 1. The molecule has 1 N–H and O–H groups in total. The number of aryl methyl sites for hydroxylation is 1. The van der Waals surface area contributed by atoms with E-state index in [4.69, 9.17) is 0 Å². The predicted octanol–water partition coefficient (Wildman–Crippen LogP) is 4.52. The molecule has 1 saturated heterocycles. The van der Waals surface area contributed by atoms with Crippen molar-refractivity contribution in [2.75, 3.05) is 10.7 Å². The van der Waals surface area contributed by atoms with Gasteiger partial charge in [-0.2, -0.15) is 5.10 Å². The zero-order valence-electron chi connectivity index (χ0n) is 19.8. The lowest BCUT2D eigenvalue weighted by Gasteiger charge is -2.23. The van der Waals surface area contributed by atoms with Crippen molar-refractivity contribution in [3.05, 3.63) is 84.3 Å². The maximum Gasteiger partial charge on any atom is 0.573 e. The molecule has 4 aromatic rings. The molecule has 0 saturated carbocycles.